The lowest BCUT2D eigenvalue weighted by atomic mass is 9.95. The number of aryl methyl sites for hydroxylation is 2. The highest BCUT2D eigenvalue weighted by Gasteiger charge is 2.38. The van der Waals surface area contributed by atoms with E-state index in [-0.39, 0.29) is 56.7 Å². The second-order valence-corrected chi connectivity index (χ2v) is 20.7. The molecule has 25 heteroatoms. The number of carboxylic acid groups (broad SMARTS) is 1. The summed E-state index contributed by atoms with van der Waals surface area (Å²) >= 11 is 2.35. The summed E-state index contributed by atoms with van der Waals surface area (Å²) in [4.78, 5) is 84.6. The van der Waals surface area contributed by atoms with E-state index in [9.17, 15) is 33.9 Å². The fourth-order valence-corrected chi connectivity index (χ4v) is 11.4. The number of aliphatic carboxylic acids is 1. The maximum Gasteiger partial charge on any atom is 0.333 e. The number of hydrogen-bond donors (Lipinski definition) is 1. The van der Waals surface area contributed by atoms with Gasteiger partial charge in [-0.25, -0.2) is 23.5 Å². The van der Waals surface area contributed by atoms with Gasteiger partial charge < -0.3 is 24.1 Å². The number of rotatable bonds is 22. The molecule has 2 aromatic carbocycles. The third kappa shape index (κ3) is 11.1. The molecule has 0 saturated heterocycles. The molecule has 0 aliphatic rings. The first-order valence-corrected chi connectivity index (χ1v) is 26.3. The first kappa shape index (κ1) is 57.3. The maximum absolute atomic E-state index is 14.2. The predicted octanol–water partition coefficient (Wildman–Crippen LogP) is 6.51. The molecule has 0 bridgehead atoms. The minimum absolute atomic E-state index is 0.00535. The number of ether oxygens (including phenoxy) is 4. The number of nitriles is 2. The largest absolute Gasteiger partial charge is 0.496 e. The average Bonchev–Trinajstić information content (AvgIpc) is 4.41. The zero-order valence-electron chi connectivity index (χ0n) is 44.5. The van der Waals surface area contributed by atoms with E-state index in [1.807, 2.05) is 31.2 Å². The Kier molecular flexibility index (Phi) is 17.9. The molecule has 23 nitrogen and oxygen atoms in total. The van der Waals surface area contributed by atoms with Gasteiger partial charge in [0.25, 0.3) is 11.1 Å². The molecule has 1 N–H and O–H groups in total. The molecule has 8 rings (SSSR count). The van der Waals surface area contributed by atoms with Crippen LogP contribution >= 0.6 is 22.7 Å². The van der Waals surface area contributed by atoms with E-state index in [2.05, 4.69) is 26.5 Å². The van der Waals surface area contributed by atoms with E-state index in [1.165, 1.54) is 75.8 Å². The Labute approximate surface area is 454 Å². The number of aromatic nitrogens is 10. The summed E-state index contributed by atoms with van der Waals surface area (Å²) in [6.07, 6.45) is 5.67. The number of nitrogens with zero attached hydrogens (tertiary/aromatic N) is 12. The van der Waals surface area contributed by atoms with Gasteiger partial charge in [0.15, 0.2) is 5.78 Å². The number of hydrogen-bond acceptors (Lipinski definition) is 18. The van der Waals surface area contributed by atoms with Crippen LogP contribution in [0.3, 0.4) is 0 Å². The molecule has 0 amide bonds. The van der Waals surface area contributed by atoms with Crippen molar-refractivity contribution in [1.29, 1.82) is 10.5 Å². The number of para-hydroxylation sites is 2. The maximum atomic E-state index is 14.2. The number of fused-ring (bicyclic) bond motifs is 2. The highest BCUT2D eigenvalue weighted by molar-refractivity contribution is 7.21. The Balaban J connectivity index is 0.000000226. The molecule has 0 saturated carbocycles. The van der Waals surface area contributed by atoms with Gasteiger partial charge in [0.05, 0.1) is 101 Å². The van der Waals surface area contributed by atoms with Crippen molar-refractivity contribution in [2.75, 3.05) is 27.4 Å². The van der Waals surface area contributed by atoms with Crippen molar-refractivity contribution in [3.05, 3.63) is 137 Å². The topological polar surface area (TPSA) is 288 Å². The molecule has 6 heterocycles. The predicted molar refractivity (Wildman–Crippen MR) is 290 cm³/mol. The van der Waals surface area contributed by atoms with Crippen LogP contribution in [0.5, 0.6) is 11.5 Å². The van der Waals surface area contributed by atoms with Gasteiger partial charge in [-0.15, -0.1) is 9.59 Å². The van der Waals surface area contributed by atoms with Crippen LogP contribution in [0, 0.1) is 36.5 Å². The van der Waals surface area contributed by atoms with Crippen molar-refractivity contribution < 1.29 is 33.6 Å². The number of thiophene rings is 2. The molecule has 0 unspecified atom stereocenters. The number of Topliss-reactive ketones (excluding diaryl/α,β-unsaturated/α-hetero) is 1. The summed E-state index contributed by atoms with van der Waals surface area (Å²) in [7, 11) is 3.06. The summed E-state index contributed by atoms with van der Waals surface area (Å²) in [5.41, 5.74) is -3.51. The minimum atomic E-state index is -1.84. The molecule has 2 atom stereocenters. The van der Waals surface area contributed by atoms with Gasteiger partial charge in [-0.1, -0.05) is 66.0 Å². The van der Waals surface area contributed by atoms with E-state index >= 15 is 0 Å². The van der Waals surface area contributed by atoms with E-state index in [0.717, 1.165) is 20.5 Å². The second-order valence-electron chi connectivity index (χ2n) is 18.7. The fraction of sp³-hybridized carbons (Fsp3) is 0.396. The van der Waals surface area contributed by atoms with Gasteiger partial charge in [0.2, 0.25) is 0 Å². The molecule has 6 aromatic heterocycles. The van der Waals surface area contributed by atoms with E-state index in [0.29, 0.717) is 65.2 Å². The quantitative estimate of drug-likeness (QED) is 0.0707. The van der Waals surface area contributed by atoms with Crippen molar-refractivity contribution >= 4 is 54.9 Å². The summed E-state index contributed by atoms with van der Waals surface area (Å²) < 4.78 is 27.9. The van der Waals surface area contributed by atoms with Gasteiger partial charge >= 0.3 is 17.3 Å². The zero-order valence-corrected chi connectivity index (χ0v) is 46.1. The van der Waals surface area contributed by atoms with Crippen molar-refractivity contribution in [3.63, 3.8) is 0 Å². The first-order valence-electron chi connectivity index (χ1n) is 24.6. The highest BCUT2D eigenvalue weighted by Crippen LogP contribution is 2.36. The van der Waals surface area contributed by atoms with Crippen LogP contribution in [0.2, 0.25) is 0 Å². The Morgan fingerprint density at radius 3 is 1.40 bits per heavy atom. The van der Waals surface area contributed by atoms with Gasteiger partial charge in [-0.2, -0.15) is 30.9 Å². The molecule has 78 heavy (non-hydrogen) atoms. The lowest BCUT2D eigenvalue weighted by molar-refractivity contribution is -0.146. The van der Waals surface area contributed by atoms with Crippen LogP contribution in [-0.2, 0) is 43.2 Å². The SMILES string of the molecule is CCCC(=O)C(C)(C)n1c(=O)c2c(C)c(-n3nccn3)sc2n(C[C@H](OCCC#N)c2ccccc2OC)c1=O.COc1ccccc1[C@H](Cn1c(=O)n(C(C)(C)C(=O)O)c(=O)c2c(C)c(-n3nccn3)sc21)OCCC#N. The summed E-state index contributed by atoms with van der Waals surface area (Å²) in [5, 5.41) is 46.4. The fourth-order valence-electron chi connectivity index (χ4n) is 8.93. The van der Waals surface area contributed by atoms with Gasteiger partial charge in [0, 0.05) is 28.7 Å². The number of carbonyl (C=O) groups is 2. The zero-order chi connectivity index (χ0) is 56.6. The van der Waals surface area contributed by atoms with Crippen LogP contribution in [-0.4, -0.2) is 92.5 Å². The van der Waals surface area contributed by atoms with Crippen LogP contribution in [0.4, 0.5) is 0 Å². The van der Waals surface area contributed by atoms with Crippen LogP contribution in [0.15, 0.2) is 92.5 Å². The Hall–Kier alpha value is -8.36. The number of methoxy groups -OCH3 is 2. The smallest absolute Gasteiger partial charge is 0.333 e. The van der Waals surface area contributed by atoms with Crippen LogP contribution in [0.25, 0.3) is 30.4 Å². The monoisotopic (exact) mass is 1100 g/mol. The average molecular weight is 1100 g/mol. The van der Waals surface area contributed by atoms with Gasteiger partial charge in [0.1, 0.15) is 54.4 Å². The van der Waals surface area contributed by atoms with Crippen molar-refractivity contribution in [3.8, 4) is 33.6 Å². The van der Waals surface area contributed by atoms with Crippen LogP contribution in [0.1, 0.15) is 94.8 Å². The Bertz CT molecular complexity index is 3820. The third-order valence-electron chi connectivity index (χ3n) is 13.1. The Morgan fingerprint density at radius 2 is 1.04 bits per heavy atom. The standard InChI is InChI=1S/C28H32N6O5S.C25H26N6O6S/c1-6-10-22(35)28(3,4)33-24(36)23-18(2)25(34-30-14-15-31-34)40-26(23)32(27(33)37)17-21(39-16-9-13-29)19-11-7-8-12-20(19)38-5;1-15-19-20(32)30(25(2,3)23(33)34)24(35)29(22(19)38-21(15)31-27-11-12-28-31)14-18(37-13-7-10-26)16-8-5-6-9-17(16)36-4/h7-8,11-12,14-15,21H,6,9-10,16-17H2,1-5H3;5-6,8-9,11-12,18H,7,13-14H2,1-4H3,(H,33,34)/t21-;18-/m00/s1. The molecular weight excluding hydrogens is 1040 g/mol. The number of carboxylic acids is 1. The van der Waals surface area contributed by atoms with Crippen molar-refractivity contribution in [2.24, 2.45) is 0 Å². The number of ketones is 1. The molecular formula is C53H58N12O11S2. The first-order chi connectivity index (χ1) is 37.3. The second kappa shape index (κ2) is 24.3. The van der Waals surface area contributed by atoms with E-state index < -0.39 is 51.8 Å². The van der Waals surface area contributed by atoms with Crippen LogP contribution < -0.4 is 32.0 Å². The highest BCUT2D eigenvalue weighted by atomic mass is 32.1. The van der Waals surface area contributed by atoms with Gasteiger partial charge in [-0.05, 0) is 60.1 Å². The molecule has 408 valence electrons. The minimum Gasteiger partial charge on any atom is -0.496 e. The molecule has 8 aromatic rings. The lowest BCUT2D eigenvalue weighted by Gasteiger charge is -2.27. The third-order valence-corrected chi connectivity index (χ3v) is 15.7. The van der Waals surface area contributed by atoms with E-state index in [1.54, 1.807) is 65.1 Å². The van der Waals surface area contributed by atoms with Crippen molar-refractivity contribution in [1.82, 2.24) is 48.3 Å². The molecule has 0 aliphatic heterocycles. The lowest BCUT2D eigenvalue weighted by Crippen LogP contribution is -2.52. The molecule has 0 spiro atoms. The number of benzene rings is 2. The molecule has 0 radical (unpaired) electrons. The Morgan fingerprint density at radius 1 is 0.654 bits per heavy atom. The summed E-state index contributed by atoms with van der Waals surface area (Å²) in [6.45, 7) is 11.3. The molecule has 0 aliphatic carbocycles. The summed E-state index contributed by atoms with van der Waals surface area (Å²) in [5.74, 6) is -0.476. The summed E-state index contributed by atoms with van der Waals surface area (Å²) in [6, 6.07) is 18.5. The molecule has 0 fully saturated rings. The van der Waals surface area contributed by atoms with Crippen molar-refractivity contribution in [2.45, 2.75) is 111 Å². The van der Waals surface area contributed by atoms with E-state index in [4.69, 9.17) is 29.5 Å². The normalized spacial score (nSPS) is 12.4. The van der Waals surface area contributed by atoms with Gasteiger partial charge in [-0.3, -0.25) is 23.5 Å². The number of carbonyl (C=O) groups excluding carboxylic acids is 1.